The molecule has 0 saturated carbocycles. The summed E-state index contributed by atoms with van der Waals surface area (Å²) in [5.74, 6) is -0.658. The number of hydrogen-bond acceptors (Lipinski definition) is 7. The predicted octanol–water partition coefficient (Wildman–Crippen LogP) is 2.97. The van der Waals surface area contributed by atoms with Crippen LogP contribution in [0.5, 0.6) is 0 Å². The molecule has 0 spiro atoms. The molecule has 1 heterocycles. The summed E-state index contributed by atoms with van der Waals surface area (Å²) in [4.78, 5) is 35.8. The quantitative estimate of drug-likeness (QED) is 0.648. The van der Waals surface area contributed by atoms with Gasteiger partial charge in [0, 0.05) is 6.07 Å². The molecule has 1 N–H and O–H groups in total. The first kappa shape index (κ1) is 15.0. The lowest BCUT2D eigenvalue weighted by Gasteiger charge is -2.04. The molecule has 0 fully saturated rings. The number of anilines is 1. The summed E-state index contributed by atoms with van der Waals surface area (Å²) >= 11 is 3.69. The van der Waals surface area contributed by atoms with E-state index in [0.717, 1.165) is 6.20 Å². The third-order valence-corrected chi connectivity index (χ3v) is 4.01. The number of nitrogens with zero attached hydrogens (tertiary/aromatic N) is 3. The van der Waals surface area contributed by atoms with Crippen LogP contribution in [-0.4, -0.2) is 20.7 Å². The number of benzene rings is 1. The SMILES string of the molecule is O=C(Nc1ncc([N+](=O)[O-])s1)c1cccc([N+](=O)[O-])c1Br. The number of halogens is 1. The molecule has 1 aromatic heterocycles. The van der Waals surface area contributed by atoms with E-state index in [9.17, 15) is 25.0 Å². The van der Waals surface area contributed by atoms with Crippen molar-refractivity contribution in [3.8, 4) is 0 Å². The number of carbonyl (C=O) groups is 1. The third-order valence-electron chi connectivity index (χ3n) is 2.31. The van der Waals surface area contributed by atoms with Crippen molar-refractivity contribution in [3.05, 3.63) is 54.7 Å². The van der Waals surface area contributed by atoms with E-state index in [0.29, 0.717) is 11.3 Å². The van der Waals surface area contributed by atoms with Crippen molar-refractivity contribution >= 4 is 49.0 Å². The number of nitro benzene ring substituents is 1. The van der Waals surface area contributed by atoms with Gasteiger partial charge in [0.15, 0.2) is 5.13 Å². The molecule has 21 heavy (non-hydrogen) atoms. The van der Waals surface area contributed by atoms with Gasteiger partial charge in [-0.2, -0.15) is 0 Å². The van der Waals surface area contributed by atoms with E-state index >= 15 is 0 Å². The second-order valence-corrected chi connectivity index (χ2v) is 5.41. The number of amides is 1. The fourth-order valence-electron chi connectivity index (χ4n) is 1.41. The number of nitro groups is 2. The van der Waals surface area contributed by atoms with Crippen LogP contribution >= 0.6 is 27.3 Å². The number of thiazole rings is 1. The zero-order chi connectivity index (χ0) is 15.6. The summed E-state index contributed by atoms with van der Waals surface area (Å²) in [6, 6.07) is 3.99. The molecule has 108 valence electrons. The van der Waals surface area contributed by atoms with Gasteiger partial charge in [-0.3, -0.25) is 30.3 Å². The molecule has 0 unspecified atom stereocenters. The molecule has 0 radical (unpaired) electrons. The molecule has 0 atom stereocenters. The van der Waals surface area contributed by atoms with Crippen LogP contribution in [0.4, 0.5) is 15.8 Å². The molecule has 1 amide bonds. The number of nitrogens with one attached hydrogen (secondary N) is 1. The van der Waals surface area contributed by atoms with Crippen LogP contribution in [0.1, 0.15) is 10.4 Å². The van der Waals surface area contributed by atoms with Crippen LogP contribution in [0.15, 0.2) is 28.9 Å². The van der Waals surface area contributed by atoms with Crippen molar-refractivity contribution in [2.45, 2.75) is 0 Å². The molecule has 2 rings (SSSR count). The van der Waals surface area contributed by atoms with Gasteiger partial charge in [0.1, 0.15) is 10.7 Å². The van der Waals surface area contributed by atoms with Crippen molar-refractivity contribution in [1.29, 1.82) is 0 Å². The average Bonchev–Trinajstić information content (AvgIpc) is 2.87. The molecule has 2 aromatic rings. The highest BCUT2D eigenvalue weighted by Gasteiger charge is 2.21. The fraction of sp³-hybridized carbons (Fsp3) is 0. The van der Waals surface area contributed by atoms with Crippen LogP contribution in [0.25, 0.3) is 0 Å². The van der Waals surface area contributed by atoms with Crippen LogP contribution in [0.2, 0.25) is 0 Å². The normalized spacial score (nSPS) is 10.1. The zero-order valence-corrected chi connectivity index (χ0v) is 12.4. The van der Waals surface area contributed by atoms with Gasteiger partial charge in [0.05, 0.1) is 15.4 Å². The van der Waals surface area contributed by atoms with Gasteiger partial charge < -0.3 is 0 Å². The van der Waals surface area contributed by atoms with Crippen LogP contribution < -0.4 is 5.32 Å². The smallest absolute Gasteiger partial charge is 0.298 e. The van der Waals surface area contributed by atoms with Crippen LogP contribution in [0, 0.1) is 20.2 Å². The molecule has 0 aliphatic heterocycles. The molecule has 0 saturated heterocycles. The molecule has 0 aliphatic rings. The van der Waals surface area contributed by atoms with Gasteiger partial charge in [0.2, 0.25) is 0 Å². The van der Waals surface area contributed by atoms with Gasteiger partial charge >= 0.3 is 5.00 Å². The predicted molar refractivity (Wildman–Crippen MR) is 77.5 cm³/mol. The van der Waals surface area contributed by atoms with Crippen molar-refractivity contribution in [2.75, 3.05) is 5.32 Å². The zero-order valence-electron chi connectivity index (χ0n) is 9.98. The Bertz CT molecular complexity index is 747. The first-order valence-electron chi connectivity index (χ1n) is 5.24. The average molecular weight is 373 g/mol. The molecule has 0 aliphatic carbocycles. The Morgan fingerprint density at radius 1 is 1.29 bits per heavy atom. The van der Waals surface area contributed by atoms with Crippen LogP contribution in [-0.2, 0) is 0 Å². The summed E-state index contributed by atoms with van der Waals surface area (Å²) in [6.45, 7) is 0. The van der Waals surface area contributed by atoms with Gasteiger partial charge in [-0.05, 0) is 33.3 Å². The molecule has 1 aromatic carbocycles. The van der Waals surface area contributed by atoms with Gasteiger partial charge in [-0.15, -0.1) is 0 Å². The third kappa shape index (κ3) is 3.20. The Morgan fingerprint density at radius 2 is 2.00 bits per heavy atom. The number of hydrogen-bond donors (Lipinski definition) is 1. The van der Waals surface area contributed by atoms with Crippen molar-refractivity contribution < 1.29 is 14.6 Å². The highest BCUT2D eigenvalue weighted by molar-refractivity contribution is 9.10. The van der Waals surface area contributed by atoms with E-state index in [1.54, 1.807) is 0 Å². The van der Waals surface area contributed by atoms with Crippen molar-refractivity contribution in [1.82, 2.24) is 4.98 Å². The minimum absolute atomic E-state index is 0.0264. The summed E-state index contributed by atoms with van der Waals surface area (Å²) < 4.78 is 0.0264. The second-order valence-electron chi connectivity index (χ2n) is 3.61. The Hall–Kier alpha value is -2.40. The van der Waals surface area contributed by atoms with Crippen molar-refractivity contribution in [2.24, 2.45) is 0 Å². The van der Waals surface area contributed by atoms with E-state index in [1.807, 2.05) is 0 Å². The Labute approximate surface area is 129 Å². The monoisotopic (exact) mass is 372 g/mol. The van der Waals surface area contributed by atoms with Crippen molar-refractivity contribution in [3.63, 3.8) is 0 Å². The number of carbonyl (C=O) groups excluding carboxylic acids is 1. The van der Waals surface area contributed by atoms with Gasteiger partial charge in [-0.1, -0.05) is 6.07 Å². The first-order valence-corrected chi connectivity index (χ1v) is 6.85. The lowest BCUT2D eigenvalue weighted by atomic mass is 10.2. The van der Waals surface area contributed by atoms with E-state index in [-0.39, 0.29) is 25.9 Å². The maximum absolute atomic E-state index is 12.0. The second kappa shape index (κ2) is 5.93. The highest BCUT2D eigenvalue weighted by Crippen LogP contribution is 2.30. The Balaban J connectivity index is 2.26. The molecular weight excluding hydrogens is 368 g/mol. The highest BCUT2D eigenvalue weighted by atomic mass is 79.9. The fourth-order valence-corrected chi connectivity index (χ4v) is 2.62. The minimum atomic E-state index is -0.658. The minimum Gasteiger partial charge on any atom is -0.298 e. The van der Waals surface area contributed by atoms with E-state index in [1.165, 1.54) is 18.2 Å². The number of rotatable bonds is 4. The molecule has 9 nitrogen and oxygen atoms in total. The summed E-state index contributed by atoms with van der Waals surface area (Å²) in [5.41, 5.74) is -0.227. The van der Waals surface area contributed by atoms with Crippen LogP contribution in [0.3, 0.4) is 0 Å². The lowest BCUT2D eigenvalue weighted by Crippen LogP contribution is -2.12. The maximum Gasteiger partial charge on any atom is 0.345 e. The van der Waals surface area contributed by atoms with E-state index < -0.39 is 15.8 Å². The summed E-state index contributed by atoms with van der Waals surface area (Å²) in [7, 11) is 0. The molecule has 11 heteroatoms. The van der Waals surface area contributed by atoms with E-state index in [4.69, 9.17) is 0 Å². The first-order chi connectivity index (χ1) is 9.90. The number of aromatic nitrogens is 1. The van der Waals surface area contributed by atoms with Gasteiger partial charge in [-0.25, -0.2) is 4.98 Å². The Morgan fingerprint density at radius 3 is 2.57 bits per heavy atom. The molecular formula is C10H5BrN4O5S. The molecule has 0 bridgehead atoms. The summed E-state index contributed by atoms with van der Waals surface area (Å²) in [6.07, 6.45) is 1.02. The largest absolute Gasteiger partial charge is 0.345 e. The summed E-state index contributed by atoms with van der Waals surface area (Å²) in [5, 5.41) is 23.5. The van der Waals surface area contributed by atoms with E-state index in [2.05, 4.69) is 26.2 Å². The Kier molecular flexibility index (Phi) is 4.23. The lowest BCUT2D eigenvalue weighted by molar-refractivity contribution is -0.385. The maximum atomic E-state index is 12.0. The topological polar surface area (TPSA) is 128 Å². The van der Waals surface area contributed by atoms with Gasteiger partial charge in [0.25, 0.3) is 11.6 Å². The standard InChI is InChI=1S/C10H5BrN4O5S/c11-8-5(2-1-3-6(8)14(17)18)9(16)13-10-12-4-7(21-10)15(19)20/h1-4H,(H,12,13,16).